The fraction of sp³-hybridized carbons (Fsp3) is 0.167. The van der Waals surface area contributed by atoms with Crippen molar-refractivity contribution in [3.63, 3.8) is 0 Å². The Labute approximate surface area is 210 Å². The number of rotatable bonds is 4. The van der Waals surface area contributed by atoms with Crippen LogP contribution in [0.25, 0.3) is 21.5 Å². The number of nitrogens with zero attached hydrogens (tertiary/aromatic N) is 4. The Morgan fingerprint density at radius 3 is 2.11 bits per heavy atom. The molecular weight excluding hydrogens is 448 g/mol. The molecule has 2 aromatic carbocycles. The van der Waals surface area contributed by atoms with Gasteiger partial charge in [0.2, 0.25) is 0 Å². The normalized spacial score (nSPS) is 13.5. The summed E-state index contributed by atoms with van der Waals surface area (Å²) in [5, 5.41) is 9.15. The molecule has 0 saturated heterocycles. The van der Waals surface area contributed by atoms with Crippen LogP contribution in [0.15, 0.2) is 72.6 Å². The molecule has 5 rings (SSSR count). The van der Waals surface area contributed by atoms with E-state index in [1.807, 2.05) is 12.3 Å². The van der Waals surface area contributed by atoms with Crippen LogP contribution in [0.4, 0.5) is 17.1 Å². The molecule has 0 unspecified atom stereocenters. The third-order valence-electron chi connectivity index (χ3n) is 6.54. The second kappa shape index (κ2) is 8.55. The van der Waals surface area contributed by atoms with E-state index in [4.69, 9.17) is 16.8 Å². The fourth-order valence-electron chi connectivity index (χ4n) is 4.56. The first-order valence-corrected chi connectivity index (χ1v) is 12.2. The van der Waals surface area contributed by atoms with Crippen molar-refractivity contribution in [3.8, 4) is 16.6 Å². The standard InChI is InChI=1S/C30H24N4S/c1-19-6-10-22(11-7-19)34(23-12-8-20(2)9-13-23)24-15-26-28(33-18-24)29-27(30(26,3)4)16-25(35-29)14-21(17-31)32-5/h6-16,18H,1-4H3/b21-14-. The molecule has 4 nitrogen and oxygen atoms in total. The van der Waals surface area contributed by atoms with Gasteiger partial charge in [-0.3, -0.25) is 4.98 Å². The maximum Gasteiger partial charge on any atom is 0.263 e. The van der Waals surface area contributed by atoms with Crippen LogP contribution in [-0.4, -0.2) is 4.98 Å². The molecule has 0 spiro atoms. The fourth-order valence-corrected chi connectivity index (χ4v) is 5.83. The molecule has 0 amide bonds. The number of hydrogen-bond acceptors (Lipinski definition) is 4. The molecule has 0 fully saturated rings. The summed E-state index contributed by atoms with van der Waals surface area (Å²) >= 11 is 1.59. The second-order valence-electron chi connectivity index (χ2n) is 9.37. The molecule has 0 N–H and O–H groups in total. The van der Waals surface area contributed by atoms with E-state index in [-0.39, 0.29) is 11.1 Å². The van der Waals surface area contributed by atoms with Gasteiger partial charge in [-0.15, -0.1) is 11.3 Å². The van der Waals surface area contributed by atoms with Crippen LogP contribution in [-0.2, 0) is 5.41 Å². The van der Waals surface area contributed by atoms with E-state index in [1.54, 1.807) is 17.4 Å². The van der Waals surface area contributed by atoms with Crippen LogP contribution >= 0.6 is 11.3 Å². The molecule has 4 aromatic rings. The van der Waals surface area contributed by atoms with E-state index in [1.165, 1.54) is 22.3 Å². The van der Waals surface area contributed by atoms with Crippen molar-refractivity contribution in [2.45, 2.75) is 33.1 Å². The van der Waals surface area contributed by atoms with Gasteiger partial charge in [-0.05, 0) is 67.4 Å². The van der Waals surface area contributed by atoms with Gasteiger partial charge in [0.05, 0.1) is 35.1 Å². The van der Waals surface area contributed by atoms with Gasteiger partial charge in [0.15, 0.2) is 0 Å². The highest BCUT2D eigenvalue weighted by molar-refractivity contribution is 7.16. The molecule has 0 saturated carbocycles. The van der Waals surface area contributed by atoms with E-state index in [0.717, 1.165) is 32.5 Å². The minimum absolute atomic E-state index is 0.0955. The Hall–Kier alpha value is -4.19. The predicted molar refractivity (Wildman–Crippen MR) is 144 cm³/mol. The highest BCUT2D eigenvalue weighted by Crippen LogP contribution is 2.53. The van der Waals surface area contributed by atoms with Gasteiger partial charge < -0.3 is 4.90 Å². The summed E-state index contributed by atoms with van der Waals surface area (Å²) in [4.78, 5) is 12.5. The van der Waals surface area contributed by atoms with Crippen molar-refractivity contribution in [1.82, 2.24) is 4.98 Å². The molecule has 0 atom stereocenters. The number of thiophene rings is 1. The van der Waals surface area contributed by atoms with E-state index in [9.17, 15) is 0 Å². The second-order valence-corrected chi connectivity index (χ2v) is 10.4. The molecule has 0 radical (unpaired) electrons. The van der Waals surface area contributed by atoms with Crippen molar-refractivity contribution < 1.29 is 0 Å². The Morgan fingerprint density at radius 2 is 1.57 bits per heavy atom. The Bertz CT molecular complexity index is 1480. The lowest BCUT2D eigenvalue weighted by atomic mass is 9.83. The lowest BCUT2D eigenvalue weighted by Gasteiger charge is -2.27. The minimum atomic E-state index is -0.243. The van der Waals surface area contributed by atoms with Crippen LogP contribution in [0.2, 0.25) is 0 Å². The van der Waals surface area contributed by atoms with E-state index >= 15 is 0 Å². The number of fused-ring (bicyclic) bond motifs is 3. The van der Waals surface area contributed by atoms with Crippen LogP contribution in [0.1, 0.15) is 41.0 Å². The molecule has 0 aliphatic heterocycles. The predicted octanol–water partition coefficient (Wildman–Crippen LogP) is 8.32. The Morgan fingerprint density at radius 1 is 0.971 bits per heavy atom. The molecule has 1 aliphatic rings. The monoisotopic (exact) mass is 472 g/mol. The maximum absolute atomic E-state index is 9.15. The number of benzene rings is 2. The molecule has 2 aromatic heterocycles. The van der Waals surface area contributed by atoms with Crippen LogP contribution in [0.3, 0.4) is 0 Å². The van der Waals surface area contributed by atoms with Crippen molar-refractivity contribution in [2.24, 2.45) is 0 Å². The summed E-state index contributed by atoms with van der Waals surface area (Å²) in [6.07, 6.45) is 3.61. The van der Waals surface area contributed by atoms with Crippen molar-refractivity contribution in [3.05, 3.63) is 111 Å². The van der Waals surface area contributed by atoms with E-state index in [2.05, 4.69) is 98.1 Å². The number of anilines is 3. The quantitative estimate of drug-likeness (QED) is 0.221. The van der Waals surface area contributed by atoms with Gasteiger partial charge >= 0.3 is 0 Å². The topological polar surface area (TPSA) is 44.3 Å². The number of nitriles is 1. The summed E-state index contributed by atoms with van der Waals surface area (Å²) in [6, 6.07) is 23.4. The van der Waals surface area contributed by atoms with Gasteiger partial charge in [-0.1, -0.05) is 49.2 Å². The van der Waals surface area contributed by atoms with Gasteiger partial charge in [0.25, 0.3) is 5.70 Å². The van der Waals surface area contributed by atoms with Crippen LogP contribution < -0.4 is 4.90 Å². The smallest absolute Gasteiger partial charge is 0.263 e. The van der Waals surface area contributed by atoms with Crippen molar-refractivity contribution >= 4 is 34.5 Å². The first kappa shape index (κ1) is 22.6. The zero-order valence-corrected chi connectivity index (χ0v) is 20.9. The van der Waals surface area contributed by atoms with Gasteiger partial charge in [0.1, 0.15) is 0 Å². The van der Waals surface area contributed by atoms with Crippen molar-refractivity contribution in [2.75, 3.05) is 4.90 Å². The SMILES string of the molecule is [C-]#[N+]/C(C#N)=C\c1cc2c(s1)-c1ncc(N(c3ccc(C)cc3)c3ccc(C)cc3)cc1C2(C)C. The first-order chi connectivity index (χ1) is 16.8. The van der Waals surface area contributed by atoms with Crippen molar-refractivity contribution in [1.29, 1.82) is 5.26 Å². The molecule has 35 heavy (non-hydrogen) atoms. The highest BCUT2D eigenvalue weighted by atomic mass is 32.1. The maximum atomic E-state index is 9.15. The molecular formula is C30H24N4S. The summed E-state index contributed by atoms with van der Waals surface area (Å²) in [7, 11) is 0. The number of aryl methyl sites for hydroxylation is 2. The Kier molecular flexibility index (Phi) is 5.52. The summed E-state index contributed by atoms with van der Waals surface area (Å²) < 4.78 is 0. The molecule has 2 heterocycles. The number of hydrogen-bond donors (Lipinski definition) is 0. The van der Waals surface area contributed by atoms with Gasteiger partial charge in [-0.25, -0.2) is 10.1 Å². The zero-order chi connectivity index (χ0) is 24.7. The molecule has 5 heteroatoms. The number of pyridine rings is 1. The first-order valence-electron chi connectivity index (χ1n) is 11.4. The number of allylic oxidation sites excluding steroid dienone is 1. The molecule has 0 bridgehead atoms. The molecule has 1 aliphatic carbocycles. The molecule has 170 valence electrons. The Balaban J connectivity index is 1.63. The zero-order valence-electron chi connectivity index (χ0n) is 20.1. The van der Waals surface area contributed by atoms with Gasteiger partial charge in [-0.2, -0.15) is 0 Å². The summed E-state index contributed by atoms with van der Waals surface area (Å²) in [5.41, 5.74) is 8.83. The summed E-state index contributed by atoms with van der Waals surface area (Å²) in [5.74, 6) is 0. The van der Waals surface area contributed by atoms with Crippen LogP contribution in [0, 0.1) is 31.8 Å². The third kappa shape index (κ3) is 3.91. The van der Waals surface area contributed by atoms with E-state index < -0.39 is 0 Å². The van der Waals surface area contributed by atoms with E-state index in [0.29, 0.717) is 0 Å². The number of aromatic nitrogens is 1. The average molecular weight is 473 g/mol. The van der Waals surface area contributed by atoms with Gasteiger partial charge in [0, 0.05) is 21.7 Å². The lowest BCUT2D eigenvalue weighted by Crippen LogP contribution is -2.17. The lowest BCUT2D eigenvalue weighted by molar-refractivity contribution is 0.660. The largest absolute Gasteiger partial charge is 0.309 e. The minimum Gasteiger partial charge on any atom is -0.309 e. The summed E-state index contributed by atoms with van der Waals surface area (Å²) in [6.45, 7) is 15.8. The van der Waals surface area contributed by atoms with Crippen LogP contribution in [0.5, 0.6) is 0 Å². The third-order valence-corrected chi connectivity index (χ3v) is 7.63. The average Bonchev–Trinajstić information content (AvgIpc) is 3.37. The highest BCUT2D eigenvalue weighted by Gasteiger charge is 2.39.